The third-order valence-corrected chi connectivity index (χ3v) is 5.15. The Labute approximate surface area is 132 Å². The molecule has 22 heavy (non-hydrogen) atoms. The molecule has 1 atom stereocenters. The lowest BCUT2D eigenvalue weighted by molar-refractivity contribution is 0.0730. The summed E-state index contributed by atoms with van der Waals surface area (Å²) in [6, 6.07) is 3.88. The van der Waals surface area contributed by atoms with E-state index in [0.29, 0.717) is 5.69 Å². The molecule has 4 heterocycles. The van der Waals surface area contributed by atoms with E-state index in [9.17, 15) is 4.79 Å². The second-order valence-corrected chi connectivity index (χ2v) is 6.52. The van der Waals surface area contributed by atoms with Crippen LogP contribution in [0.25, 0.3) is 10.9 Å². The average molecular weight is 312 g/mol. The first-order chi connectivity index (χ1) is 10.7. The summed E-state index contributed by atoms with van der Waals surface area (Å²) in [5.74, 6) is 0.0477. The molecule has 1 N–H and O–H groups in total. The number of pyridine rings is 1. The largest absolute Gasteiger partial charge is 0.350 e. The lowest BCUT2D eigenvalue weighted by atomic mass is 10.2. The zero-order valence-electron chi connectivity index (χ0n) is 12.2. The molecule has 5 nitrogen and oxygen atoms in total. The molecule has 0 bridgehead atoms. The number of carbonyl (C=O) groups excluding carboxylic acids is 1. The van der Waals surface area contributed by atoms with Gasteiger partial charge in [0.15, 0.2) is 0 Å². The molecule has 0 spiro atoms. The quantitative estimate of drug-likeness (QED) is 0.789. The Hall–Kier alpha value is -2.21. The van der Waals surface area contributed by atoms with Crippen LogP contribution in [-0.2, 0) is 0 Å². The van der Waals surface area contributed by atoms with Crippen LogP contribution in [0.5, 0.6) is 0 Å². The molecule has 6 heteroatoms. The van der Waals surface area contributed by atoms with Crippen molar-refractivity contribution in [1.29, 1.82) is 0 Å². The molecule has 0 saturated carbocycles. The van der Waals surface area contributed by atoms with Gasteiger partial charge in [0.25, 0.3) is 5.91 Å². The first-order valence-electron chi connectivity index (χ1n) is 7.38. The minimum Gasteiger partial charge on any atom is -0.350 e. The predicted octanol–water partition coefficient (Wildman–Crippen LogP) is 3.31. The Morgan fingerprint density at radius 2 is 2.41 bits per heavy atom. The zero-order valence-corrected chi connectivity index (χ0v) is 13.1. The number of carbonyl (C=O) groups is 1. The van der Waals surface area contributed by atoms with Gasteiger partial charge in [-0.05, 0) is 31.9 Å². The smallest absolute Gasteiger partial charge is 0.270 e. The first-order valence-corrected chi connectivity index (χ1v) is 8.26. The number of thiazole rings is 1. The molecule has 0 aromatic carbocycles. The fourth-order valence-corrected chi connectivity index (χ4v) is 3.98. The number of hydrogen-bond acceptors (Lipinski definition) is 4. The lowest BCUT2D eigenvalue weighted by Gasteiger charge is -2.22. The Bertz CT molecular complexity index is 804. The van der Waals surface area contributed by atoms with Crippen molar-refractivity contribution in [3.05, 3.63) is 46.3 Å². The number of nitrogens with zero attached hydrogens (tertiary/aromatic N) is 3. The van der Waals surface area contributed by atoms with E-state index in [1.807, 2.05) is 29.3 Å². The number of likely N-dealkylation sites (tertiary alicyclic amines) is 1. The molecule has 4 rings (SSSR count). The molecule has 0 aliphatic carbocycles. The number of amides is 1. The van der Waals surface area contributed by atoms with E-state index in [2.05, 4.69) is 15.0 Å². The maximum Gasteiger partial charge on any atom is 0.270 e. The van der Waals surface area contributed by atoms with E-state index < -0.39 is 0 Å². The van der Waals surface area contributed by atoms with E-state index in [-0.39, 0.29) is 11.9 Å². The number of aromatic amines is 1. The summed E-state index contributed by atoms with van der Waals surface area (Å²) < 4.78 is 0. The van der Waals surface area contributed by atoms with Crippen LogP contribution in [0.1, 0.15) is 40.1 Å². The second kappa shape index (κ2) is 5.21. The SMILES string of the molecule is Cc1csc(C2CCCN2C(=O)c2cc3cnccc3[nH]2)n1. The third kappa shape index (κ3) is 2.20. The number of H-pyrrole nitrogens is 1. The minimum absolute atomic E-state index is 0.0477. The molecule has 3 aromatic heterocycles. The van der Waals surface area contributed by atoms with Crippen LogP contribution in [0.3, 0.4) is 0 Å². The molecule has 3 aromatic rings. The monoisotopic (exact) mass is 312 g/mol. The molecule has 1 aliphatic heterocycles. The summed E-state index contributed by atoms with van der Waals surface area (Å²) in [4.78, 5) is 26.7. The van der Waals surface area contributed by atoms with Crippen molar-refractivity contribution in [1.82, 2.24) is 19.9 Å². The van der Waals surface area contributed by atoms with Gasteiger partial charge in [0.05, 0.1) is 6.04 Å². The van der Waals surface area contributed by atoms with Gasteiger partial charge in [0, 0.05) is 40.9 Å². The van der Waals surface area contributed by atoms with Gasteiger partial charge in [-0.3, -0.25) is 9.78 Å². The molecular formula is C16H16N4OS. The van der Waals surface area contributed by atoms with Gasteiger partial charge in [-0.2, -0.15) is 0 Å². The van der Waals surface area contributed by atoms with Crippen molar-refractivity contribution < 1.29 is 4.79 Å². The number of fused-ring (bicyclic) bond motifs is 1. The summed E-state index contributed by atoms with van der Waals surface area (Å²) in [5.41, 5.74) is 2.60. The second-order valence-electron chi connectivity index (χ2n) is 5.63. The van der Waals surface area contributed by atoms with E-state index >= 15 is 0 Å². The van der Waals surface area contributed by atoms with Crippen molar-refractivity contribution in [2.45, 2.75) is 25.8 Å². The highest BCUT2D eigenvalue weighted by molar-refractivity contribution is 7.09. The lowest BCUT2D eigenvalue weighted by Crippen LogP contribution is -2.30. The van der Waals surface area contributed by atoms with Gasteiger partial charge in [0.1, 0.15) is 10.7 Å². The van der Waals surface area contributed by atoms with Crippen LogP contribution in [0.15, 0.2) is 29.9 Å². The summed E-state index contributed by atoms with van der Waals surface area (Å²) in [6.07, 6.45) is 5.51. The van der Waals surface area contributed by atoms with Crippen LogP contribution in [0, 0.1) is 6.92 Å². The van der Waals surface area contributed by atoms with Gasteiger partial charge in [-0.15, -0.1) is 11.3 Å². The topological polar surface area (TPSA) is 61.9 Å². The fraction of sp³-hybridized carbons (Fsp3) is 0.312. The van der Waals surface area contributed by atoms with Gasteiger partial charge >= 0.3 is 0 Å². The molecule has 1 aliphatic rings. The van der Waals surface area contributed by atoms with Crippen molar-refractivity contribution >= 4 is 28.1 Å². The molecule has 0 radical (unpaired) electrons. The maximum atomic E-state index is 12.9. The predicted molar refractivity (Wildman–Crippen MR) is 86.0 cm³/mol. The molecule has 1 fully saturated rings. The van der Waals surface area contributed by atoms with Crippen LogP contribution in [0.4, 0.5) is 0 Å². The Morgan fingerprint density at radius 1 is 1.50 bits per heavy atom. The summed E-state index contributed by atoms with van der Waals surface area (Å²) in [5, 5.41) is 4.05. The van der Waals surface area contributed by atoms with Crippen molar-refractivity contribution in [2.75, 3.05) is 6.54 Å². The number of aromatic nitrogens is 3. The van der Waals surface area contributed by atoms with E-state index in [0.717, 1.165) is 41.0 Å². The summed E-state index contributed by atoms with van der Waals surface area (Å²) in [7, 11) is 0. The van der Waals surface area contributed by atoms with Crippen LogP contribution >= 0.6 is 11.3 Å². The number of rotatable bonds is 2. The van der Waals surface area contributed by atoms with Gasteiger partial charge in [0.2, 0.25) is 0 Å². The van der Waals surface area contributed by atoms with Crippen LogP contribution in [-0.4, -0.2) is 32.3 Å². The molecule has 1 amide bonds. The number of nitrogens with one attached hydrogen (secondary N) is 1. The number of hydrogen-bond donors (Lipinski definition) is 1. The standard InChI is InChI=1S/C16H16N4OS/c1-10-9-22-15(18-10)14-3-2-6-20(14)16(21)13-7-11-8-17-5-4-12(11)19-13/h4-5,7-9,14,19H,2-3,6H2,1H3. The zero-order chi connectivity index (χ0) is 15.1. The minimum atomic E-state index is 0.0477. The highest BCUT2D eigenvalue weighted by Gasteiger charge is 2.33. The highest BCUT2D eigenvalue weighted by atomic mass is 32.1. The fourth-order valence-electron chi connectivity index (χ4n) is 3.03. The average Bonchev–Trinajstić information content (AvgIpc) is 3.24. The third-order valence-electron chi connectivity index (χ3n) is 4.09. The van der Waals surface area contributed by atoms with Crippen LogP contribution in [0.2, 0.25) is 0 Å². The summed E-state index contributed by atoms with van der Waals surface area (Å²) in [6.45, 7) is 2.78. The van der Waals surface area contributed by atoms with E-state index in [1.165, 1.54) is 0 Å². The van der Waals surface area contributed by atoms with Gasteiger partial charge < -0.3 is 9.88 Å². The van der Waals surface area contributed by atoms with E-state index in [1.54, 1.807) is 23.7 Å². The Morgan fingerprint density at radius 3 is 3.18 bits per heavy atom. The Balaban J connectivity index is 1.66. The molecule has 1 unspecified atom stereocenters. The highest BCUT2D eigenvalue weighted by Crippen LogP contribution is 2.34. The molecule has 1 saturated heterocycles. The van der Waals surface area contributed by atoms with Crippen molar-refractivity contribution in [3.8, 4) is 0 Å². The maximum absolute atomic E-state index is 12.9. The van der Waals surface area contributed by atoms with Crippen molar-refractivity contribution in [3.63, 3.8) is 0 Å². The van der Waals surface area contributed by atoms with E-state index in [4.69, 9.17) is 0 Å². The molecule has 112 valence electrons. The van der Waals surface area contributed by atoms with Crippen molar-refractivity contribution in [2.24, 2.45) is 0 Å². The van der Waals surface area contributed by atoms with Crippen LogP contribution < -0.4 is 0 Å². The Kier molecular flexibility index (Phi) is 3.18. The van der Waals surface area contributed by atoms with Gasteiger partial charge in [-0.1, -0.05) is 0 Å². The number of aryl methyl sites for hydroxylation is 1. The molecular weight excluding hydrogens is 296 g/mol. The first kappa shape index (κ1) is 13.5. The normalized spacial score (nSPS) is 18.2. The summed E-state index contributed by atoms with van der Waals surface area (Å²) >= 11 is 1.64. The van der Waals surface area contributed by atoms with Gasteiger partial charge in [-0.25, -0.2) is 4.98 Å².